The molecule has 0 radical (unpaired) electrons. The normalized spacial score (nSPS) is 15.4. The van der Waals surface area contributed by atoms with E-state index in [0.29, 0.717) is 16.3 Å². The second kappa shape index (κ2) is 8.43. The van der Waals surface area contributed by atoms with E-state index in [-0.39, 0.29) is 22.8 Å². The Bertz CT molecular complexity index is 1350. The quantitative estimate of drug-likeness (QED) is 0.470. The van der Waals surface area contributed by atoms with Gasteiger partial charge >= 0.3 is 0 Å². The number of fused-ring (bicyclic) bond motifs is 3. The summed E-state index contributed by atoms with van der Waals surface area (Å²) in [5, 5.41) is 12.7. The first-order chi connectivity index (χ1) is 15.5. The molecule has 1 amide bonds. The number of thioether (sulfide) groups is 1. The van der Waals surface area contributed by atoms with Gasteiger partial charge < -0.3 is 5.32 Å². The van der Waals surface area contributed by atoms with Crippen molar-refractivity contribution in [1.29, 1.82) is 0 Å². The highest BCUT2D eigenvalue weighted by molar-refractivity contribution is 8.00. The summed E-state index contributed by atoms with van der Waals surface area (Å²) < 4.78 is 3.46. The highest BCUT2D eigenvalue weighted by Gasteiger charge is 2.24. The van der Waals surface area contributed by atoms with Gasteiger partial charge in [-0.25, -0.2) is 4.57 Å². The number of hydrogen-bond acceptors (Lipinski definition) is 5. The molecule has 2 aromatic heterocycles. The van der Waals surface area contributed by atoms with Gasteiger partial charge in [-0.2, -0.15) is 0 Å². The molecule has 1 saturated carbocycles. The fourth-order valence-electron chi connectivity index (χ4n) is 4.28. The van der Waals surface area contributed by atoms with E-state index in [4.69, 9.17) is 0 Å². The van der Waals surface area contributed by atoms with E-state index in [1.165, 1.54) is 24.6 Å². The Kier molecular flexibility index (Phi) is 5.46. The Hall–Kier alpha value is -3.13. The van der Waals surface area contributed by atoms with Crippen LogP contribution in [0.3, 0.4) is 0 Å². The molecular weight excluding hydrogens is 422 g/mol. The Labute approximate surface area is 189 Å². The van der Waals surface area contributed by atoms with Gasteiger partial charge in [0.2, 0.25) is 11.7 Å². The van der Waals surface area contributed by atoms with Crippen molar-refractivity contribution in [3.05, 3.63) is 64.4 Å². The fourth-order valence-corrected chi connectivity index (χ4v) is 5.15. The van der Waals surface area contributed by atoms with Crippen molar-refractivity contribution >= 4 is 34.3 Å². The average molecular weight is 448 g/mol. The summed E-state index contributed by atoms with van der Waals surface area (Å²) >= 11 is 1.36. The molecule has 0 saturated heterocycles. The molecule has 0 aliphatic heterocycles. The fraction of sp³-hybridized carbons (Fsp3) is 0.333. The average Bonchev–Trinajstić information content (AvgIpc) is 3.45. The van der Waals surface area contributed by atoms with Crippen molar-refractivity contribution in [2.24, 2.45) is 0 Å². The molecule has 1 fully saturated rings. The van der Waals surface area contributed by atoms with Crippen LogP contribution in [0.1, 0.15) is 38.2 Å². The van der Waals surface area contributed by atoms with Crippen molar-refractivity contribution in [3.63, 3.8) is 0 Å². The van der Waals surface area contributed by atoms with Gasteiger partial charge in [-0.3, -0.25) is 14.0 Å². The van der Waals surface area contributed by atoms with E-state index >= 15 is 0 Å². The highest BCUT2D eigenvalue weighted by Crippen LogP contribution is 2.27. The van der Waals surface area contributed by atoms with Crippen LogP contribution in [0.4, 0.5) is 0 Å². The van der Waals surface area contributed by atoms with Gasteiger partial charge in [0.15, 0.2) is 5.16 Å². The number of aromatic nitrogens is 4. The van der Waals surface area contributed by atoms with Crippen LogP contribution in [0, 0.1) is 6.92 Å². The number of para-hydroxylation sites is 1. The highest BCUT2D eigenvalue weighted by atomic mass is 32.2. The summed E-state index contributed by atoms with van der Waals surface area (Å²) in [5.41, 5.74) is 2.42. The predicted molar refractivity (Wildman–Crippen MR) is 127 cm³/mol. The van der Waals surface area contributed by atoms with Crippen LogP contribution < -0.4 is 10.9 Å². The van der Waals surface area contributed by atoms with Crippen LogP contribution in [-0.4, -0.2) is 36.4 Å². The number of nitrogens with zero attached hydrogens (tertiary/aromatic N) is 4. The molecule has 164 valence electrons. The molecule has 5 rings (SSSR count). The van der Waals surface area contributed by atoms with E-state index < -0.39 is 0 Å². The largest absolute Gasteiger partial charge is 0.352 e. The lowest BCUT2D eigenvalue weighted by atomic mass is 10.2. The summed E-state index contributed by atoms with van der Waals surface area (Å²) in [6.07, 6.45) is 4.43. The van der Waals surface area contributed by atoms with Gasteiger partial charge in [0.25, 0.3) is 5.56 Å². The van der Waals surface area contributed by atoms with Gasteiger partial charge in [0.05, 0.1) is 21.8 Å². The van der Waals surface area contributed by atoms with Crippen LogP contribution in [-0.2, 0) is 4.79 Å². The molecule has 1 atom stereocenters. The third kappa shape index (κ3) is 3.68. The minimum Gasteiger partial charge on any atom is -0.352 e. The predicted octanol–water partition coefficient (Wildman–Crippen LogP) is 3.88. The van der Waals surface area contributed by atoms with Gasteiger partial charge in [-0.1, -0.05) is 54.4 Å². The monoisotopic (exact) mass is 447 g/mol. The number of nitrogens with one attached hydrogen (secondary N) is 1. The molecular formula is C24H25N5O2S. The molecule has 1 aliphatic carbocycles. The zero-order valence-corrected chi connectivity index (χ0v) is 18.9. The van der Waals surface area contributed by atoms with Crippen molar-refractivity contribution < 1.29 is 4.79 Å². The lowest BCUT2D eigenvalue weighted by molar-refractivity contribution is -0.120. The Balaban J connectivity index is 1.60. The van der Waals surface area contributed by atoms with Gasteiger partial charge in [-0.05, 0) is 51.0 Å². The van der Waals surface area contributed by atoms with Crippen molar-refractivity contribution in [1.82, 2.24) is 24.5 Å². The van der Waals surface area contributed by atoms with E-state index in [1.54, 1.807) is 4.57 Å². The summed E-state index contributed by atoms with van der Waals surface area (Å²) in [6.45, 7) is 3.89. The maximum atomic E-state index is 13.4. The first-order valence-electron chi connectivity index (χ1n) is 11.0. The van der Waals surface area contributed by atoms with Crippen LogP contribution >= 0.6 is 11.8 Å². The molecule has 32 heavy (non-hydrogen) atoms. The molecule has 8 heteroatoms. The smallest absolute Gasteiger partial charge is 0.267 e. The first-order valence-corrected chi connectivity index (χ1v) is 11.8. The molecule has 1 N–H and O–H groups in total. The maximum Gasteiger partial charge on any atom is 0.267 e. The topological polar surface area (TPSA) is 81.3 Å². The molecule has 0 spiro atoms. The number of carbonyl (C=O) groups excluding carboxylic acids is 1. The number of benzene rings is 2. The molecule has 0 bridgehead atoms. The van der Waals surface area contributed by atoms with Crippen molar-refractivity contribution in [2.75, 3.05) is 0 Å². The zero-order chi connectivity index (χ0) is 22.2. The molecule has 2 heterocycles. The SMILES string of the molecule is Cc1ccc(-n2c(=O)c3ccccc3n3c(SC(C)C(=O)NC4CCCC4)nnc23)cc1. The summed E-state index contributed by atoms with van der Waals surface area (Å²) in [6, 6.07) is 15.5. The summed E-state index contributed by atoms with van der Waals surface area (Å²) in [7, 11) is 0. The van der Waals surface area contributed by atoms with Crippen LogP contribution in [0.15, 0.2) is 58.5 Å². The first kappa shape index (κ1) is 20.8. The molecule has 1 aliphatic rings. The molecule has 1 unspecified atom stereocenters. The zero-order valence-electron chi connectivity index (χ0n) is 18.1. The lowest BCUT2D eigenvalue weighted by Crippen LogP contribution is -2.37. The van der Waals surface area contributed by atoms with Crippen LogP contribution in [0.2, 0.25) is 0 Å². The van der Waals surface area contributed by atoms with Gasteiger partial charge in [-0.15, -0.1) is 10.2 Å². The van der Waals surface area contributed by atoms with Gasteiger partial charge in [0, 0.05) is 6.04 Å². The number of aryl methyl sites for hydroxylation is 1. The number of rotatable bonds is 5. The van der Waals surface area contributed by atoms with E-state index in [2.05, 4.69) is 15.5 Å². The number of hydrogen-bond donors (Lipinski definition) is 1. The van der Waals surface area contributed by atoms with Gasteiger partial charge in [0.1, 0.15) is 0 Å². The van der Waals surface area contributed by atoms with Crippen molar-refractivity contribution in [3.8, 4) is 5.69 Å². The second-order valence-electron chi connectivity index (χ2n) is 8.36. The summed E-state index contributed by atoms with van der Waals surface area (Å²) in [5.74, 6) is 0.443. The second-order valence-corrected chi connectivity index (χ2v) is 9.67. The minimum absolute atomic E-state index is 0.00908. The number of carbonyl (C=O) groups is 1. The molecule has 7 nitrogen and oxygen atoms in total. The van der Waals surface area contributed by atoms with Crippen LogP contribution in [0.25, 0.3) is 22.4 Å². The third-order valence-electron chi connectivity index (χ3n) is 6.04. The Morgan fingerprint density at radius 1 is 1.09 bits per heavy atom. The number of amides is 1. The third-order valence-corrected chi connectivity index (χ3v) is 7.08. The maximum absolute atomic E-state index is 13.4. The standard InChI is InChI=1S/C24H25N5O2S/c1-15-11-13-18(14-12-15)28-22(31)19-9-5-6-10-20(19)29-23(28)26-27-24(29)32-16(2)21(30)25-17-7-3-4-8-17/h5-6,9-14,16-17H,3-4,7-8H2,1-2H3,(H,25,30). The van der Waals surface area contributed by atoms with E-state index in [9.17, 15) is 9.59 Å². The van der Waals surface area contributed by atoms with E-state index in [0.717, 1.165) is 29.6 Å². The summed E-state index contributed by atoms with van der Waals surface area (Å²) in [4.78, 5) is 26.1. The van der Waals surface area contributed by atoms with Crippen LogP contribution in [0.5, 0.6) is 0 Å². The molecule has 2 aromatic carbocycles. The Morgan fingerprint density at radius 3 is 2.56 bits per heavy atom. The van der Waals surface area contributed by atoms with Crippen molar-refractivity contribution in [2.45, 2.75) is 56.0 Å². The lowest BCUT2D eigenvalue weighted by Gasteiger charge is -2.16. The minimum atomic E-state index is -0.332. The Morgan fingerprint density at radius 2 is 1.81 bits per heavy atom. The molecule has 4 aromatic rings. The van der Waals surface area contributed by atoms with E-state index in [1.807, 2.05) is 66.8 Å².